The Balaban J connectivity index is 0.922. The van der Waals surface area contributed by atoms with Crippen LogP contribution in [0.3, 0.4) is 0 Å². The molecule has 3 aromatic heterocycles. The molecule has 11 rings (SSSR count). The molecule has 0 aliphatic rings. The molecule has 0 amide bonds. The average Bonchev–Trinajstić information content (AvgIpc) is 3.88. The van der Waals surface area contributed by atoms with Gasteiger partial charge in [0.25, 0.3) is 0 Å². The van der Waals surface area contributed by atoms with E-state index in [0.717, 1.165) is 71.1 Å². The number of fused-ring (bicyclic) bond motifs is 6. The minimum atomic E-state index is 0.199. The second-order valence-corrected chi connectivity index (χ2v) is 16.1. The number of thiophene rings is 1. The summed E-state index contributed by atoms with van der Waals surface area (Å²) in [5.41, 5.74) is 11.2. The van der Waals surface area contributed by atoms with Crippen molar-refractivity contribution in [2.45, 2.75) is 0 Å². The molecule has 11 aromatic rings. The van der Waals surface area contributed by atoms with E-state index < -0.39 is 0 Å². The average molecular weight is 783 g/mol. The van der Waals surface area contributed by atoms with Gasteiger partial charge in [-0.1, -0.05) is 132 Å². The fraction of sp³-hybridized carbons (Fsp3) is 0. The number of benzene rings is 8. The lowest BCUT2D eigenvalue weighted by Gasteiger charge is -2.21. The van der Waals surface area contributed by atoms with Gasteiger partial charge >= 0.3 is 0 Å². The summed E-state index contributed by atoms with van der Waals surface area (Å²) in [5, 5.41) is 4.47. The van der Waals surface area contributed by atoms with Crippen LogP contribution >= 0.6 is 11.3 Å². The van der Waals surface area contributed by atoms with Gasteiger partial charge in [0.15, 0.2) is 17.5 Å². The van der Waals surface area contributed by atoms with E-state index in [1.165, 1.54) is 15.5 Å². The van der Waals surface area contributed by atoms with Crippen LogP contribution in [-0.2, 0) is 0 Å². The van der Waals surface area contributed by atoms with Gasteiger partial charge in [-0.3, -0.25) is 0 Å². The minimum Gasteiger partial charge on any atom is -0.456 e. The van der Waals surface area contributed by atoms with Crippen molar-refractivity contribution in [3.63, 3.8) is 0 Å². The summed E-state index contributed by atoms with van der Waals surface area (Å²) in [6.45, 7) is 0. The largest absolute Gasteiger partial charge is 0.456 e. The lowest BCUT2D eigenvalue weighted by atomic mass is 9.59. The minimum absolute atomic E-state index is 0.199. The smallest absolute Gasteiger partial charge is 0.165 e. The number of hydrogen-bond donors (Lipinski definition) is 0. The molecule has 0 aliphatic carbocycles. The van der Waals surface area contributed by atoms with Gasteiger partial charge in [0.1, 0.15) is 50.4 Å². The molecular formula is C51H26B5N3OS. The van der Waals surface area contributed by atoms with E-state index in [1.54, 1.807) is 11.3 Å². The highest BCUT2D eigenvalue weighted by atomic mass is 32.1. The van der Waals surface area contributed by atoms with E-state index in [0.29, 0.717) is 34.0 Å². The van der Waals surface area contributed by atoms with Crippen molar-refractivity contribution in [3.05, 3.63) is 158 Å². The molecule has 61 heavy (non-hydrogen) atoms. The topological polar surface area (TPSA) is 51.8 Å². The molecule has 10 heteroatoms. The second-order valence-electron chi connectivity index (χ2n) is 15.1. The summed E-state index contributed by atoms with van der Waals surface area (Å²) in [6.07, 6.45) is 0. The monoisotopic (exact) mass is 783 g/mol. The van der Waals surface area contributed by atoms with E-state index in [-0.39, 0.29) is 16.4 Å². The van der Waals surface area contributed by atoms with Crippen molar-refractivity contribution < 1.29 is 4.42 Å². The third kappa shape index (κ3) is 6.33. The summed E-state index contributed by atoms with van der Waals surface area (Å²) in [6, 6.07) is 53.8. The van der Waals surface area contributed by atoms with Gasteiger partial charge < -0.3 is 4.42 Å². The first kappa shape index (κ1) is 37.1. The first-order valence-corrected chi connectivity index (χ1v) is 20.5. The van der Waals surface area contributed by atoms with Crippen LogP contribution in [0.25, 0.3) is 110 Å². The number of rotatable bonds is 6. The quantitative estimate of drug-likeness (QED) is 0.160. The Labute approximate surface area is 362 Å². The zero-order chi connectivity index (χ0) is 41.4. The summed E-state index contributed by atoms with van der Waals surface area (Å²) < 4.78 is 8.95. The number of aromatic nitrogens is 3. The van der Waals surface area contributed by atoms with Crippen molar-refractivity contribution in [3.8, 4) is 67.5 Å². The molecule has 0 N–H and O–H groups in total. The Bertz CT molecular complexity index is 3500. The number of furan rings is 1. The molecule has 3 heterocycles. The maximum Gasteiger partial charge on any atom is 0.165 e. The molecule has 0 aliphatic heterocycles. The normalized spacial score (nSPS) is 11.6. The SMILES string of the molecule is [B]c1c([B])c([B])c(-c2ccc(-c3ccc(-c4ccc5c(c4)oc4cc(-c6nc(-c7ccccc7)nc(-c7cccc8c7sc7ccccc78)n6)ccc45)cc3)cc2)c([B])c1[B]. The maximum atomic E-state index is 6.57. The molecule has 10 radical (unpaired) electrons. The molecule has 0 fully saturated rings. The predicted octanol–water partition coefficient (Wildman–Crippen LogP) is 8.11. The van der Waals surface area contributed by atoms with Crippen molar-refractivity contribution in [2.75, 3.05) is 0 Å². The molecule has 0 saturated heterocycles. The summed E-state index contributed by atoms with van der Waals surface area (Å²) >= 11 is 1.76. The third-order valence-corrected chi connectivity index (χ3v) is 12.7. The maximum absolute atomic E-state index is 6.57. The van der Waals surface area contributed by atoms with E-state index in [2.05, 4.69) is 97.1 Å². The van der Waals surface area contributed by atoms with Crippen LogP contribution in [0.15, 0.2) is 162 Å². The van der Waals surface area contributed by atoms with Crippen LogP contribution in [0.4, 0.5) is 0 Å². The van der Waals surface area contributed by atoms with Gasteiger partial charge in [-0.15, -0.1) is 27.7 Å². The van der Waals surface area contributed by atoms with E-state index in [4.69, 9.17) is 58.6 Å². The molecule has 4 nitrogen and oxygen atoms in total. The summed E-state index contributed by atoms with van der Waals surface area (Å²) in [7, 11) is 30.8. The first-order valence-electron chi connectivity index (χ1n) is 19.7. The fourth-order valence-corrected chi connectivity index (χ4v) is 9.42. The zero-order valence-corrected chi connectivity index (χ0v) is 33.4. The molecule has 0 spiro atoms. The van der Waals surface area contributed by atoms with Gasteiger partial charge in [-0.05, 0) is 69.8 Å². The summed E-state index contributed by atoms with van der Waals surface area (Å²) in [5.74, 6) is 1.82. The van der Waals surface area contributed by atoms with Crippen molar-refractivity contribution in [1.82, 2.24) is 15.0 Å². The standard InChI is InChI=1S/C51H26B5N3OS/c52-43-42(44(53)46(55)47(56)45(43)54)30-19-17-28(18-20-30)27-13-15-29(16-14-27)32-21-23-34-35-24-22-33(26-40(35)60-39(34)25-32)50-57-49(31-7-2-1-3-8-31)58-51(59-50)38-11-6-10-37-36-9-4-5-12-41(36)61-48(37)38/h1-26H. The molecule has 0 atom stereocenters. The predicted molar refractivity (Wildman–Crippen MR) is 260 cm³/mol. The molecule has 0 saturated carbocycles. The van der Waals surface area contributed by atoms with Crippen LogP contribution in [0, 0.1) is 0 Å². The van der Waals surface area contributed by atoms with E-state index in [1.807, 2.05) is 60.7 Å². The van der Waals surface area contributed by atoms with Crippen LogP contribution in [0.1, 0.15) is 0 Å². The summed E-state index contributed by atoms with van der Waals surface area (Å²) in [4.78, 5) is 15.2. The van der Waals surface area contributed by atoms with Crippen molar-refractivity contribution in [1.29, 1.82) is 0 Å². The van der Waals surface area contributed by atoms with Crippen LogP contribution < -0.4 is 27.3 Å². The Morgan fingerprint density at radius 3 is 1.52 bits per heavy atom. The Hall–Kier alpha value is -6.89. The molecular weight excluding hydrogens is 757 g/mol. The highest BCUT2D eigenvalue weighted by Crippen LogP contribution is 2.40. The highest BCUT2D eigenvalue weighted by Gasteiger charge is 2.18. The Morgan fingerprint density at radius 1 is 0.361 bits per heavy atom. The van der Waals surface area contributed by atoms with Gasteiger partial charge in [-0.25, -0.2) is 15.0 Å². The zero-order valence-electron chi connectivity index (χ0n) is 32.6. The van der Waals surface area contributed by atoms with Crippen molar-refractivity contribution >= 4 is 120 Å². The second kappa shape index (κ2) is 14.7. The molecule has 8 aromatic carbocycles. The fourth-order valence-electron chi connectivity index (χ4n) is 8.21. The van der Waals surface area contributed by atoms with Gasteiger partial charge in [-0.2, -0.15) is 0 Å². The molecule has 0 unspecified atom stereocenters. The lowest BCUT2D eigenvalue weighted by molar-refractivity contribution is 0.669. The number of nitrogens with zero attached hydrogens (tertiary/aromatic N) is 3. The Kier molecular flexibility index (Phi) is 8.94. The van der Waals surface area contributed by atoms with Crippen molar-refractivity contribution in [2.24, 2.45) is 0 Å². The van der Waals surface area contributed by atoms with Gasteiger partial charge in [0.05, 0.1) is 0 Å². The van der Waals surface area contributed by atoms with E-state index in [9.17, 15) is 0 Å². The van der Waals surface area contributed by atoms with Gasteiger partial charge in [0, 0.05) is 47.6 Å². The number of hydrogen-bond acceptors (Lipinski definition) is 5. The van der Waals surface area contributed by atoms with Crippen LogP contribution in [-0.4, -0.2) is 54.2 Å². The highest BCUT2D eigenvalue weighted by molar-refractivity contribution is 7.26. The molecule has 0 bridgehead atoms. The molecule has 272 valence electrons. The first-order chi connectivity index (χ1) is 29.8. The lowest BCUT2D eigenvalue weighted by Crippen LogP contribution is -2.55. The van der Waals surface area contributed by atoms with Crippen LogP contribution in [0.2, 0.25) is 0 Å². The van der Waals surface area contributed by atoms with E-state index >= 15 is 0 Å². The third-order valence-electron chi connectivity index (χ3n) is 11.5. The van der Waals surface area contributed by atoms with Crippen LogP contribution in [0.5, 0.6) is 0 Å². The van der Waals surface area contributed by atoms with Gasteiger partial charge in [0.2, 0.25) is 0 Å². The Morgan fingerprint density at radius 2 is 0.852 bits per heavy atom.